The van der Waals surface area contributed by atoms with Gasteiger partial charge in [0, 0.05) is 31.7 Å². The van der Waals surface area contributed by atoms with Gasteiger partial charge in [-0.25, -0.2) is 4.79 Å². The molecule has 0 aliphatic carbocycles. The van der Waals surface area contributed by atoms with Gasteiger partial charge in [0.1, 0.15) is 0 Å². The number of hydrogen-bond donors (Lipinski definition) is 1. The number of urea groups is 1. The number of nitrogens with zero attached hydrogens (tertiary/aromatic N) is 3. The molecule has 1 atom stereocenters. The molecule has 0 aromatic carbocycles. The molecule has 1 saturated heterocycles. The van der Waals surface area contributed by atoms with Crippen molar-refractivity contribution in [1.29, 1.82) is 0 Å². The minimum Gasteiger partial charge on any atom is -0.481 e. The Morgan fingerprint density at radius 3 is 2.38 bits per heavy atom. The first-order chi connectivity index (χ1) is 9.62. The van der Waals surface area contributed by atoms with Gasteiger partial charge in [0.15, 0.2) is 0 Å². The van der Waals surface area contributed by atoms with Crippen LogP contribution in [0.4, 0.5) is 4.79 Å². The zero-order valence-corrected chi connectivity index (χ0v) is 13.9. The predicted octanol–water partition coefficient (Wildman–Crippen LogP) is 1.71. The van der Waals surface area contributed by atoms with E-state index in [0.29, 0.717) is 12.6 Å². The molecule has 1 rings (SSSR count). The van der Waals surface area contributed by atoms with Crippen LogP contribution in [0.3, 0.4) is 0 Å². The molecule has 6 nitrogen and oxygen atoms in total. The molecule has 0 saturated carbocycles. The highest BCUT2D eigenvalue weighted by Crippen LogP contribution is 2.19. The normalized spacial score (nSPS) is 19.6. The maximum absolute atomic E-state index is 12.6. The quantitative estimate of drug-likeness (QED) is 0.839. The number of amides is 2. The van der Waals surface area contributed by atoms with E-state index in [-0.39, 0.29) is 24.5 Å². The Balaban J connectivity index is 2.67. The van der Waals surface area contributed by atoms with E-state index >= 15 is 0 Å². The third kappa shape index (κ3) is 5.19. The monoisotopic (exact) mass is 299 g/mol. The van der Waals surface area contributed by atoms with E-state index in [4.69, 9.17) is 5.11 Å². The van der Waals surface area contributed by atoms with Crippen LogP contribution in [-0.4, -0.2) is 77.1 Å². The number of carbonyl (C=O) groups is 2. The molecule has 1 aliphatic heterocycles. The average Bonchev–Trinajstić information content (AvgIpc) is 2.72. The van der Waals surface area contributed by atoms with Crippen LogP contribution in [-0.2, 0) is 4.79 Å². The summed E-state index contributed by atoms with van der Waals surface area (Å²) >= 11 is 0. The Labute approximate surface area is 127 Å². The van der Waals surface area contributed by atoms with Crippen LogP contribution in [0.2, 0.25) is 0 Å². The summed E-state index contributed by atoms with van der Waals surface area (Å²) in [7, 11) is 3.88. The molecular weight excluding hydrogens is 270 g/mol. The van der Waals surface area contributed by atoms with Gasteiger partial charge in [0.05, 0.1) is 6.42 Å². The van der Waals surface area contributed by atoms with Gasteiger partial charge in [-0.15, -0.1) is 0 Å². The third-order valence-electron chi connectivity index (χ3n) is 4.07. The number of likely N-dealkylation sites (N-methyl/N-ethyl adjacent to an activating group) is 2. The average molecular weight is 299 g/mol. The second-order valence-electron chi connectivity index (χ2n) is 6.91. The van der Waals surface area contributed by atoms with E-state index in [9.17, 15) is 9.59 Å². The highest BCUT2D eigenvalue weighted by molar-refractivity contribution is 5.76. The van der Waals surface area contributed by atoms with Gasteiger partial charge in [0.2, 0.25) is 0 Å². The van der Waals surface area contributed by atoms with Crippen LogP contribution in [0.15, 0.2) is 0 Å². The minimum absolute atomic E-state index is 0.0276. The fourth-order valence-corrected chi connectivity index (χ4v) is 2.74. The van der Waals surface area contributed by atoms with Crippen molar-refractivity contribution in [2.24, 2.45) is 0 Å². The van der Waals surface area contributed by atoms with Gasteiger partial charge in [0.25, 0.3) is 0 Å². The summed E-state index contributed by atoms with van der Waals surface area (Å²) in [6.07, 6.45) is 2.25. The maximum Gasteiger partial charge on any atom is 0.320 e. The van der Waals surface area contributed by atoms with Crippen LogP contribution >= 0.6 is 0 Å². The molecule has 0 bridgehead atoms. The van der Waals surface area contributed by atoms with Crippen molar-refractivity contribution < 1.29 is 14.7 Å². The zero-order chi connectivity index (χ0) is 16.2. The van der Waals surface area contributed by atoms with Crippen LogP contribution < -0.4 is 0 Å². The number of carbonyl (C=O) groups excluding carboxylic acids is 1. The lowest BCUT2D eigenvalue weighted by atomic mass is 10.1. The summed E-state index contributed by atoms with van der Waals surface area (Å²) in [6, 6.07) is 0.310. The smallest absolute Gasteiger partial charge is 0.320 e. The van der Waals surface area contributed by atoms with Crippen molar-refractivity contribution in [2.45, 2.75) is 51.6 Å². The second kappa shape index (κ2) is 7.11. The first kappa shape index (κ1) is 17.8. The molecular formula is C15H29N3O3. The molecule has 2 amide bonds. The van der Waals surface area contributed by atoms with E-state index in [2.05, 4.69) is 11.9 Å². The van der Waals surface area contributed by atoms with Crippen molar-refractivity contribution in [3.05, 3.63) is 0 Å². The second-order valence-corrected chi connectivity index (χ2v) is 6.91. The third-order valence-corrected chi connectivity index (χ3v) is 4.07. The molecule has 122 valence electrons. The summed E-state index contributed by atoms with van der Waals surface area (Å²) in [6.45, 7) is 7.80. The molecule has 1 unspecified atom stereocenters. The van der Waals surface area contributed by atoms with Crippen LogP contribution in [0, 0.1) is 0 Å². The van der Waals surface area contributed by atoms with Gasteiger partial charge in [-0.2, -0.15) is 0 Å². The molecule has 0 spiro atoms. The van der Waals surface area contributed by atoms with Gasteiger partial charge in [-0.05, 0) is 47.2 Å². The molecule has 1 aliphatic rings. The van der Waals surface area contributed by atoms with E-state index in [1.165, 1.54) is 6.42 Å². The first-order valence-electron chi connectivity index (χ1n) is 7.57. The molecule has 6 heteroatoms. The Morgan fingerprint density at radius 1 is 1.33 bits per heavy atom. The molecule has 0 aromatic heterocycles. The number of aliphatic carboxylic acids is 1. The summed E-state index contributed by atoms with van der Waals surface area (Å²) in [4.78, 5) is 29.1. The van der Waals surface area contributed by atoms with Gasteiger partial charge in [-0.1, -0.05) is 0 Å². The molecule has 0 aromatic rings. The fourth-order valence-electron chi connectivity index (χ4n) is 2.74. The number of carboxylic acids is 1. The minimum atomic E-state index is -0.879. The van der Waals surface area contributed by atoms with E-state index in [0.717, 1.165) is 13.0 Å². The van der Waals surface area contributed by atoms with Crippen LogP contribution in [0.1, 0.15) is 40.0 Å². The predicted molar refractivity (Wildman–Crippen MR) is 82.4 cm³/mol. The highest BCUT2D eigenvalue weighted by Gasteiger charge is 2.31. The van der Waals surface area contributed by atoms with Crippen molar-refractivity contribution in [3.8, 4) is 0 Å². The summed E-state index contributed by atoms with van der Waals surface area (Å²) in [5.74, 6) is -0.879. The van der Waals surface area contributed by atoms with Crippen molar-refractivity contribution in [1.82, 2.24) is 14.7 Å². The van der Waals surface area contributed by atoms with E-state index in [1.807, 2.05) is 20.8 Å². The van der Waals surface area contributed by atoms with Crippen molar-refractivity contribution in [3.63, 3.8) is 0 Å². The Kier molecular flexibility index (Phi) is 6.01. The van der Waals surface area contributed by atoms with Crippen molar-refractivity contribution >= 4 is 12.0 Å². The number of likely N-dealkylation sites (tertiary alicyclic amines) is 1. The Bertz CT molecular complexity index is 379. The largest absolute Gasteiger partial charge is 0.481 e. The van der Waals surface area contributed by atoms with Crippen LogP contribution in [0.5, 0.6) is 0 Å². The molecule has 0 radical (unpaired) electrons. The van der Waals surface area contributed by atoms with Gasteiger partial charge in [-0.3, -0.25) is 4.79 Å². The lowest BCUT2D eigenvalue weighted by Gasteiger charge is -2.39. The van der Waals surface area contributed by atoms with Crippen molar-refractivity contribution in [2.75, 3.05) is 33.7 Å². The van der Waals surface area contributed by atoms with Gasteiger partial charge >= 0.3 is 12.0 Å². The standard InChI is InChI=1S/C15H29N3O3/c1-15(2,3)18(10-8-13(19)20)14(21)17(5)11-12-7-6-9-16(12)4/h12H,6-11H2,1-5H3,(H,19,20). The lowest BCUT2D eigenvalue weighted by molar-refractivity contribution is -0.137. The zero-order valence-electron chi connectivity index (χ0n) is 13.9. The number of rotatable bonds is 5. The first-order valence-corrected chi connectivity index (χ1v) is 7.57. The number of carboxylic acid groups (broad SMARTS) is 1. The fraction of sp³-hybridized carbons (Fsp3) is 0.867. The lowest BCUT2D eigenvalue weighted by Crippen LogP contribution is -2.53. The molecule has 1 heterocycles. The molecule has 21 heavy (non-hydrogen) atoms. The Morgan fingerprint density at radius 2 is 1.95 bits per heavy atom. The molecule has 1 fully saturated rings. The maximum atomic E-state index is 12.6. The highest BCUT2D eigenvalue weighted by atomic mass is 16.4. The number of hydrogen-bond acceptors (Lipinski definition) is 3. The van der Waals surface area contributed by atoms with Gasteiger partial charge < -0.3 is 19.8 Å². The Hall–Kier alpha value is -1.30. The summed E-state index contributed by atoms with van der Waals surface area (Å²) in [5, 5.41) is 8.85. The van der Waals surface area contributed by atoms with E-state index < -0.39 is 5.97 Å². The topological polar surface area (TPSA) is 64.1 Å². The molecule has 1 N–H and O–H groups in total. The van der Waals surface area contributed by atoms with Crippen LogP contribution in [0.25, 0.3) is 0 Å². The SMILES string of the molecule is CN(CC1CCCN1C)C(=O)N(CCC(=O)O)C(C)(C)C. The van der Waals surface area contributed by atoms with E-state index in [1.54, 1.807) is 16.8 Å². The summed E-state index contributed by atoms with van der Waals surface area (Å²) in [5.41, 5.74) is -0.387. The summed E-state index contributed by atoms with van der Waals surface area (Å²) < 4.78 is 0.